The summed E-state index contributed by atoms with van der Waals surface area (Å²) in [6.07, 6.45) is 6.91. The first-order chi connectivity index (χ1) is 19.3. The Morgan fingerprint density at radius 3 is 2.54 bits per heavy atom. The van der Waals surface area contributed by atoms with Gasteiger partial charge in [-0.15, -0.1) is 0 Å². The Hall–Kier alpha value is -2.42. The van der Waals surface area contributed by atoms with E-state index in [1.807, 2.05) is 13.0 Å². The van der Waals surface area contributed by atoms with E-state index in [1.54, 1.807) is 25.5 Å². The summed E-state index contributed by atoms with van der Waals surface area (Å²) >= 11 is 0. The van der Waals surface area contributed by atoms with Crippen molar-refractivity contribution in [1.29, 1.82) is 0 Å². The van der Waals surface area contributed by atoms with Crippen LogP contribution in [0.25, 0.3) is 0 Å². The maximum Gasteiger partial charge on any atom is 0.333 e. The highest BCUT2D eigenvalue weighted by Crippen LogP contribution is 2.72. The molecule has 4 fully saturated rings. The van der Waals surface area contributed by atoms with Crippen LogP contribution in [0.1, 0.15) is 79.2 Å². The minimum absolute atomic E-state index is 0.0602. The van der Waals surface area contributed by atoms with E-state index in [9.17, 15) is 14.7 Å². The van der Waals surface area contributed by atoms with Gasteiger partial charge in [-0.05, 0) is 56.7 Å². The van der Waals surface area contributed by atoms with Crippen LogP contribution in [0.2, 0.25) is 0 Å². The Labute approximate surface area is 242 Å². The topological polar surface area (TPSA) is 104 Å². The lowest BCUT2D eigenvalue weighted by Gasteiger charge is -2.66. The molecule has 8 nitrogen and oxygen atoms in total. The molecule has 0 spiro atoms. The third-order valence-corrected chi connectivity index (χ3v) is 12.0. The molecule has 41 heavy (non-hydrogen) atoms. The molecule has 2 aliphatic heterocycles. The van der Waals surface area contributed by atoms with Crippen LogP contribution >= 0.6 is 0 Å². The third kappa shape index (κ3) is 3.75. The number of hydrogen-bond acceptors (Lipinski definition) is 8. The Morgan fingerprint density at radius 2 is 1.88 bits per heavy atom. The van der Waals surface area contributed by atoms with Gasteiger partial charge < -0.3 is 28.5 Å². The Morgan fingerprint density at radius 1 is 1.12 bits per heavy atom. The van der Waals surface area contributed by atoms with Gasteiger partial charge in [-0.3, -0.25) is 4.79 Å². The highest BCUT2D eigenvalue weighted by atomic mass is 16.6. The Kier molecular flexibility index (Phi) is 6.68. The van der Waals surface area contributed by atoms with E-state index >= 15 is 0 Å². The molecule has 6 rings (SSSR count). The van der Waals surface area contributed by atoms with Gasteiger partial charge in [-0.25, -0.2) is 4.79 Å². The molecule has 2 saturated heterocycles. The fraction of sp³-hybridized carbons (Fsp3) is 0.697. The fourth-order valence-electron chi connectivity index (χ4n) is 9.98. The van der Waals surface area contributed by atoms with Gasteiger partial charge in [0.15, 0.2) is 0 Å². The van der Waals surface area contributed by atoms with E-state index < -0.39 is 46.3 Å². The van der Waals surface area contributed by atoms with E-state index in [0.717, 1.165) is 17.6 Å². The monoisotopic (exact) mass is 568 g/mol. The highest BCUT2D eigenvalue weighted by Gasteiger charge is 2.77. The fourth-order valence-corrected chi connectivity index (χ4v) is 9.98. The van der Waals surface area contributed by atoms with Crippen molar-refractivity contribution in [3.8, 4) is 0 Å². The second-order valence-corrected chi connectivity index (χ2v) is 13.8. The summed E-state index contributed by atoms with van der Waals surface area (Å²) in [7, 11) is 0. The first kappa shape index (κ1) is 28.7. The van der Waals surface area contributed by atoms with Crippen LogP contribution in [0, 0.1) is 28.1 Å². The van der Waals surface area contributed by atoms with Crippen molar-refractivity contribution in [3.63, 3.8) is 0 Å². The summed E-state index contributed by atoms with van der Waals surface area (Å²) in [5.41, 5.74) is 0.207. The largest absolute Gasteiger partial charge is 0.472 e. The van der Waals surface area contributed by atoms with Crippen LogP contribution in [0.15, 0.2) is 46.3 Å². The van der Waals surface area contributed by atoms with Crippen LogP contribution in [-0.2, 0) is 28.5 Å². The Bertz CT molecular complexity index is 1280. The van der Waals surface area contributed by atoms with Crippen molar-refractivity contribution in [1.82, 2.24) is 0 Å². The molecule has 2 saturated carbocycles. The Balaban J connectivity index is 1.50. The molecule has 1 aromatic rings. The van der Waals surface area contributed by atoms with E-state index in [0.29, 0.717) is 31.6 Å². The number of allylic oxidation sites excluding steroid dienone is 2. The predicted octanol–water partition coefficient (Wildman–Crippen LogP) is 5.11. The molecule has 0 radical (unpaired) electrons. The minimum Gasteiger partial charge on any atom is -0.472 e. The molecular weight excluding hydrogens is 524 g/mol. The standard InChI is InChI=1S/C33H44O8/c1-8-18(2)29(36)41-25-15-24(40-19(3)34)30(4)17-38-26-27(30)32(25,6)22-12-14-39-33(7)21(20-11-13-37-16-20)9-10-23(33)31(22,5)28(26)35/h8,10-11,13,16,21-22,24-28,35H,9,12,14-15,17H2,1-7H3/b18-8+/t21-,22-,24+,25-,26+,27-,28+,30+,31+,32-,33-/m0/s1. The maximum absolute atomic E-state index is 13.3. The lowest BCUT2D eigenvalue weighted by Crippen LogP contribution is -2.72. The van der Waals surface area contributed by atoms with Crippen LogP contribution in [-0.4, -0.2) is 60.3 Å². The molecule has 1 N–H and O–H groups in total. The number of furan rings is 1. The summed E-state index contributed by atoms with van der Waals surface area (Å²) in [6.45, 7) is 14.5. The SMILES string of the molecule is C/C=C(\C)C(=O)O[C@H]1C[C@@H](OC(C)=O)[C@@]2(C)CO[C@H]3[C@@H](O)[C@@]4(C)C5=CC[C@@H](c6ccoc6)[C@]5(C)OCC[C@@H]4[C@]1(C)[C@@H]32. The molecule has 11 atom stereocenters. The van der Waals surface area contributed by atoms with Gasteiger partial charge in [-0.1, -0.05) is 32.9 Å². The minimum atomic E-state index is -0.826. The van der Waals surface area contributed by atoms with E-state index in [2.05, 4.69) is 33.8 Å². The number of carbonyl (C=O) groups excluding carboxylic acids is 2. The summed E-state index contributed by atoms with van der Waals surface area (Å²) < 4.78 is 31.1. The van der Waals surface area contributed by atoms with Gasteiger partial charge in [-0.2, -0.15) is 0 Å². The lowest BCUT2D eigenvalue weighted by molar-refractivity contribution is -0.254. The van der Waals surface area contributed by atoms with Crippen molar-refractivity contribution in [2.24, 2.45) is 28.1 Å². The second kappa shape index (κ2) is 9.55. The van der Waals surface area contributed by atoms with E-state index in [4.69, 9.17) is 23.4 Å². The molecule has 0 unspecified atom stereocenters. The zero-order valence-electron chi connectivity index (χ0n) is 25.3. The number of fused-ring (bicyclic) bond motifs is 4. The first-order valence-corrected chi connectivity index (χ1v) is 15.0. The molecule has 3 heterocycles. The van der Waals surface area contributed by atoms with Crippen LogP contribution in [0.5, 0.6) is 0 Å². The number of aliphatic hydroxyl groups excluding tert-OH is 1. The van der Waals surface area contributed by atoms with Gasteiger partial charge in [0, 0.05) is 53.6 Å². The molecule has 1 aromatic heterocycles. The van der Waals surface area contributed by atoms with Crippen molar-refractivity contribution in [3.05, 3.63) is 47.5 Å². The average Bonchev–Trinajstić information content (AvgIpc) is 3.64. The molecule has 224 valence electrons. The quantitative estimate of drug-likeness (QED) is 0.304. The van der Waals surface area contributed by atoms with Gasteiger partial charge in [0.2, 0.25) is 0 Å². The molecule has 8 heteroatoms. The van der Waals surface area contributed by atoms with Gasteiger partial charge in [0.05, 0.1) is 36.9 Å². The maximum atomic E-state index is 13.3. The van der Waals surface area contributed by atoms with E-state index in [1.165, 1.54) is 6.92 Å². The molecule has 0 bridgehead atoms. The normalized spacial score (nSPS) is 47.0. The zero-order valence-corrected chi connectivity index (χ0v) is 25.3. The smallest absolute Gasteiger partial charge is 0.333 e. The van der Waals surface area contributed by atoms with Crippen LogP contribution < -0.4 is 0 Å². The van der Waals surface area contributed by atoms with Crippen molar-refractivity contribution in [2.75, 3.05) is 13.2 Å². The predicted molar refractivity (Wildman–Crippen MR) is 150 cm³/mol. The zero-order chi connectivity index (χ0) is 29.5. The molecule has 3 aliphatic carbocycles. The number of hydrogen-bond donors (Lipinski definition) is 1. The van der Waals surface area contributed by atoms with Crippen LogP contribution in [0.3, 0.4) is 0 Å². The summed E-state index contributed by atoms with van der Waals surface area (Å²) in [5.74, 6) is -0.988. The van der Waals surface area contributed by atoms with Gasteiger partial charge in [0.25, 0.3) is 0 Å². The third-order valence-electron chi connectivity index (χ3n) is 12.0. The number of esters is 2. The first-order valence-electron chi connectivity index (χ1n) is 15.0. The molecule has 0 amide bonds. The number of aliphatic hydroxyl groups is 1. The average molecular weight is 569 g/mol. The van der Waals surface area contributed by atoms with Crippen molar-refractivity contribution >= 4 is 11.9 Å². The number of rotatable bonds is 4. The van der Waals surface area contributed by atoms with Crippen molar-refractivity contribution < 1.29 is 38.1 Å². The van der Waals surface area contributed by atoms with E-state index in [-0.39, 0.29) is 29.7 Å². The second-order valence-electron chi connectivity index (χ2n) is 13.8. The summed E-state index contributed by atoms with van der Waals surface area (Å²) in [6, 6.07) is 2.00. The van der Waals surface area contributed by atoms with Crippen LogP contribution in [0.4, 0.5) is 0 Å². The van der Waals surface area contributed by atoms with Crippen molar-refractivity contribution in [2.45, 2.75) is 104 Å². The number of ether oxygens (including phenoxy) is 4. The summed E-state index contributed by atoms with van der Waals surface area (Å²) in [4.78, 5) is 25.6. The number of carbonyl (C=O) groups is 2. The lowest BCUT2D eigenvalue weighted by atomic mass is 9.39. The van der Waals surface area contributed by atoms with Gasteiger partial charge >= 0.3 is 11.9 Å². The molecular formula is C33H44O8. The van der Waals surface area contributed by atoms with Gasteiger partial charge in [0.1, 0.15) is 12.2 Å². The summed E-state index contributed by atoms with van der Waals surface area (Å²) in [5, 5.41) is 12.4. The molecule has 0 aromatic carbocycles. The highest BCUT2D eigenvalue weighted by molar-refractivity contribution is 5.87. The molecule has 5 aliphatic rings.